The minimum absolute atomic E-state index is 0.224. The number of phenolic OH excluding ortho intramolecular Hbond substituents is 1. The van der Waals surface area contributed by atoms with Gasteiger partial charge in [0.2, 0.25) is 6.29 Å². The van der Waals surface area contributed by atoms with Crippen molar-refractivity contribution in [3.8, 4) is 5.75 Å². The van der Waals surface area contributed by atoms with Crippen LogP contribution in [0.15, 0.2) is 12.1 Å². The molecule has 0 bridgehead atoms. The van der Waals surface area contributed by atoms with Crippen LogP contribution in [0.4, 0.5) is 0 Å². The fourth-order valence-corrected chi connectivity index (χ4v) is 0.911. The average molecular weight is 149 g/mol. The zero-order valence-electron chi connectivity index (χ0n) is 6.51. The Hall–Kier alpha value is -1.31. The SMILES string of the molecule is Cc1cc([C]=O)c(C)cc1O. The Balaban J connectivity index is 3.31. The zero-order chi connectivity index (χ0) is 8.43. The molecule has 1 radical (unpaired) electrons. The van der Waals surface area contributed by atoms with Crippen LogP contribution >= 0.6 is 0 Å². The summed E-state index contributed by atoms with van der Waals surface area (Å²) in [6.07, 6.45) is 1.80. The fraction of sp³-hybridized carbons (Fsp3) is 0.222. The summed E-state index contributed by atoms with van der Waals surface area (Å²) < 4.78 is 0. The monoisotopic (exact) mass is 149 g/mol. The molecular formula is C9H9O2. The second-order valence-corrected chi connectivity index (χ2v) is 2.56. The Morgan fingerprint density at radius 3 is 2.45 bits per heavy atom. The maximum absolute atomic E-state index is 10.3. The van der Waals surface area contributed by atoms with E-state index in [1.807, 2.05) is 0 Å². The van der Waals surface area contributed by atoms with Gasteiger partial charge in [0.05, 0.1) is 0 Å². The lowest BCUT2D eigenvalue weighted by molar-refractivity contribution is 0.470. The van der Waals surface area contributed by atoms with E-state index in [4.69, 9.17) is 0 Å². The van der Waals surface area contributed by atoms with Crippen LogP contribution < -0.4 is 0 Å². The molecule has 0 amide bonds. The first kappa shape index (κ1) is 7.79. The molecular weight excluding hydrogens is 140 g/mol. The highest BCUT2D eigenvalue weighted by Crippen LogP contribution is 2.19. The highest BCUT2D eigenvalue weighted by molar-refractivity contribution is 5.78. The molecule has 0 atom stereocenters. The van der Waals surface area contributed by atoms with Gasteiger partial charge in [-0.15, -0.1) is 0 Å². The van der Waals surface area contributed by atoms with E-state index in [0.29, 0.717) is 11.1 Å². The first-order chi connectivity index (χ1) is 5.15. The minimum atomic E-state index is 0.224. The molecule has 0 saturated carbocycles. The number of carbonyl (C=O) groups excluding carboxylic acids is 1. The standard InChI is InChI=1S/C9H9O2/c1-6-4-9(11)7(2)3-8(6)5-10/h3-4,11H,1-2H3. The van der Waals surface area contributed by atoms with Crippen molar-refractivity contribution in [2.45, 2.75) is 13.8 Å². The van der Waals surface area contributed by atoms with Crippen LogP contribution in [0.25, 0.3) is 0 Å². The average Bonchev–Trinajstić information content (AvgIpc) is 1.97. The van der Waals surface area contributed by atoms with Crippen molar-refractivity contribution in [1.29, 1.82) is 0 Å². The zero-order valence-corrected chi connectivity index (χ0v) is 6.51. The molecule has 0 aliphatic rings. The molecule has 2 nitrogen and oxygen atoms in total. The van der Waals surface area contributed by atoms with Gasteiger partial charge in [-0.1, -0.05) is 0 Å². The highest BCUT2D eigenvalue weighted by Gasteiger charge is 2.01. The number of hydrogen-bond acceptors (Lipinski definition) is 2. The first-order valence-electron chi connectivity index (χ1n) is 3.33. The van der Waals surface area contributed by atoms with Crippen molar-refractivity contribution in [1.82, 2.24) is 0 Å². The van der Waals surface area contributed by atoms with Gasteiger partial charge < -0.3 is 5.11 Å². The van der Waals surface area contributed by atoms with Crippen LogP contribution in [-0.4, -0.2) is 11.4 Å². The first-order valence-corrected chi connectivity index (χ1v) is 3.33. The van der Waals surface area contributed by atoms with Gasteiger partial charge in [-0.2, -0.15) is 0 Å². The van der Waals surface area contributed by atoms with Gasteiger partial charge in [0, 0.05) is 5.56 Å². The summed E-state index contributed by atoms with van der Waals surface area (Å²) in [4.78, 5) is 10.3. The van der Waals surface area contributed by atoms with E-state index >= 15 is 0 Å². The van der Waals surface area contributed by atoms with Gasteiger partial charge in [-0.05, 0) is 37.1 Å². The molecule has 1 rings (SSSR count). The number of phenols is 1. The van der Waals surface area contributed by atoms with E-state index in [1.165, 1.54) is 0 Å². The topological polar surface area (TPSA) is 37.3 Å². The molecule has 11 heavy (non-hydrogen) atoms. The molecule has 0 fully saturated rings. The molecule has 0 aromatic heterocycles. The third-order valence-electron chi connectivity index (χ3n) is 1.65. The molecule has 0 unspecified atom stereocenters. The lowest BCUT2D eigenvalue weighted by Gasteiger charge is -2.01. The number of benzene rings is 1. The normalized spacial score (nSPS) is 9.64. The Bertz CT molecular complexity index is 290. The molecule has 57 valence electrons. The summed E-state index contributed by atoms with van der Waals surface area (Å²) in [7, 11) is 0. The highest BCUT2D eigenvalue weighted by atomic mass is 16.3. The summed E-state index contributed by atoms with van der Waals surface area (Å²) in [5.74, 6) is 0.224. The van der Waals surface area contributed by atoms with Crippen LogP contribution in [0.1, 0.15) is 16.7 Å². The van der Waals surface area contributed by atoms with Gasteiger partial charge in [0.1, 0.15) is 5.75 Å². The van der Waals surface area contributed by atoms with Gasteiger partial charge in [0.25, 0.3) is 0 Å². The van der Waals surface area contributed by atoms with Crippen molar-refractivity contribution in [2.75, 3.05) is 0 Å². The van der Waals surface area contributed by atoms with E-state index in [-0.39, 0.29) is 5.75 Å². The van der Waals surface area contributed by atoms with Gasteiger partial charge in [-0.3, -0.25) is 4.79 Å². The predicted octanol–water partition coefficient (Wildman–Crippen LogP) is 1.47. The van der Waals surface area contributed by atoms with Crippen molar-refractivity contribution in [3.05, 3.63) is 28.8 Å². The van der Waals surface area contributed by atoms with Crippen LogP contribution in [0.3, 0.4) is 0 Å². The predicted molar refractivity (Wildman–Crippen MR) is 42.4 cm³/mol. The Morgan fingerprint density at radius 1 is 1.27 bits per heavy atom. The van der Waals surface area contributed by atoms with Gasteiger partial charge in [0.15, 0.2) is 0 Å². The lowest BCUT2D eigenvalue weighted by Crippen LogP contribution is -1.87. The smallest absolute Gasteiger partial charge is 0.233 e. The quantitative estimate of drug-likeness (QED) is 0.656. The Morgan fingerprint density at radius 2 is 1.91 bits per heavy atom. The maximum Gasteiger partial charge on any atom is 0.233 e. The van der Waals surface area contributed by atoms with E-state index in [0.717, 1.165) is 5.56 Å². The number of aryl methyl sites for hydroxylation is 2. The van der Waals surface area contributed by atoms with Gasteiger partial charge in [-0.25, -0.2) is 0 Å². The number of aromatic hydroxyl groups is 1. The Kier molecular flexibility index (Phi) is 1.94. The summed E-state index contributed by atoms with van der Waals surface area (Å²) in [6, 6.07) is 3.19. The summed E-state index contributed by atoms with van der Waals surface area (Å²) in [5, 5.41) is 9.19. The fourth-order valence-electron chi connectivity index (χ4n) is 0.911. The maximum atomic E-state index is 10.3. The van der Waals surface area contributed by atoms with E-state index < -0.39 is 0 Å². The second-order valence-electron chi connectivity index (χ2n) is 2.56. The second kappa shape index (κ2) is 2.74. The molecule has 1 aromatic carbocycles. The van der Waals surface area contributed by atoms with Crippen LogP contribution in [0.5, 0.6) is 5.75 Å². The lowest BCUT2D eigenvalue weighted by atomic mass is 10.1. The number of hydrogen-bond donors (Lipinski definition) is 1. The molecule has 0 aliphatic carbocycles. The Labute approximate surface area is 65.5 Å². The summed E-state index contributed by atoms with van der Waals surface area (Å²) in [5.41, 5.74) is 1.97. The van der Waals surface area contributed by atoms with Crippen LogP contribution in [-0.2, 0) is 4.79 Å². The molecule has 2 heteroatoms. The molecule has 0 saturated heterocycles. The van der Waals surface area contributed by atoms with Crippen molar-refractivity contribution in [2.24, 2.45) is 0 Å². The molecule has 1 N–H and O–H groups in total. The number of rotatable bonds is 1. The van der Waals surface area contributed by atoms with Crippen molar-refractivity contribution in [3.63, 3.8) is 0 Å². The molecule has 1 aromatic rings. The van der Waals surface area contributed by atoms with Crippen LogP contribution in [0, 0.1) is 13.8 Å². The molecule has 0 heterocycles. The largest absolute Gasteiger partial charge is 0.508 e. The van der Waals surface area contributed by atoms with Crippen LogP contribution in [0.2, 0.25) is 0 Å². The minimum Gasteiger partial charge on any atom is -0.508 e. The van der Waals surface area contributed by atoms with Gasteiger partial charge >= 0.3 is 0 Å². The van der Waals surface area contributed by atoms with E-state index in [2.05, 4.69) is 0 Å². The van der Waals surface area contributed by atoms with E-state index in [1.54, 1.807) is 32.3 Å². The van der Waals surface area contributed by atoms with E-state index in [9.17, 15) is 9.90 Å². The molecule has 0 spiro atoms. The third kappa shape index (κ3) is 1.40. The third-order valence-corrected chi connectivity index (χ3v) is 1.65. The van der Waals surface area contributed by atoms with Crippen molar-refractivity contribution < 1.29 is 9.90 Å². The molecule has 0 aliphatic heterocycles. The van der Waals surface area contributed by atoms with Crippen molar-refractivity contribution >= 4 is 6.29 Å². The summed E-state index contributed by atoms with van der Waals surface area (Å²) >= 11 is 0. The summed E-state index contributed by atoms with van der Waals surface area (Å²) in [6.45, 7) is 3.51.